The normalized spacial score (nSPS) is 13.0. The first-order chi connectivity index (χ1) is 15.2. The molecule has 0 N–H and O–H groups in total. The zero-order valence-electron chi connectivity index (χ0n) is 17.7. The molecular formula is C25H23F3N2OS. The van der Waals surface area contributed by atoms with Crippen LogP contribution in [0.2, 0.25) is 0 Å². The largest absolute Gasteiger partial charge is 0.390 e. The quantitative estimate of drug-likeness (QED) is 0.304. The molecule has 1 atom stereocenters. The second-order valence-electron chi connectivity index (χ2n) is 7.30. The van der Waals surface area contributed by atoms with Gasteiger partial charge >= 0.3 is 6.18 Å². The van der Waals surface area contributed by atoms with Crippen LogP contribution in [0.15, 0.2) is 89.9 Å². The van der Waals surface area contributed by atoms with Gasteiger partial charge in [-0.15, -0.1) is 0 Å². The number of amidine groups is 1. The van der Waals surface area contributed by atoms with Gasteiger partial charge in [-0.25, -0.2) is 0 Å². The van der Waals surface area contributed by atoms with Crippen molar-refractivity contribution in [2.75, 3.05) is 11.9 Å². The molecule has 0 aromatic heterocycles. The van der Waals surface area contributed by atoms with Gasteiger partial charge in [0.1, 0.15) is 0 Å². The number of hydrogen-bond donors (Lipinski definition) is 0. The Morgan fingerprint density at radius 3 is 2.19 bits per heavy atom. The summed E-state index contributed by atoms with van der Waals surface area (Å²) in [5.41, 5.74) is 2.49. The van der Waals surface area contributed by atoms with Gasteiger partial charge in [-0.3, -0.25) is 4.79 Å². The average molecular weight is 457 g/mol. The van der Waals surface area contributed by atoms with Crippen LogP contribution in [0.25, 0.3) is 0 Å². The van der Waals surface area contributed by atoms with Gasteiger partial charge in [0, 0.05) is 23.5 Å². The van der Waals surface area contributed by atoms with Crippen molar-refractivity contribution >= 4 is 28.5 Å². The molecule has 0 radical (unpaired) electrons. The van der Waals surface area contributed by atoms with E-state index in [2.05, 4.69) is 4.99 Å². The fraction of sp³-hybridized carbons (Fsp3) is 0.200. The van der Waals surface area contributed by atoms with E-state index in [-0.39, 0.29) is 5.17 Å². The van der Waals surface area contributed by atoms with Crippen LogP contribution in [0.5, 0.6) is 0 Å². The number of hydrogen-bond acceptors (Lipinski definition) is 2. The van der Waals surface area contributed by atoms with Crippen molar-refractivity contribution in [3.63, 3.8) is 0 Å². The maximum Gasteiger partial charge on any atom is 0.390 e. The van der Waals surface area contributed by atoms with Crippen LogP contribution in [0, 0.1) is 6.92 Å². The lowest BCUT2D eigenvalue weighted by Crippen LogP contribution is -2.26. The third-order valence-corrected chi connectivity index (χ3v) is 6.03. The summed E-state index contributed by atoms with van der Waals surface area (Å²) in [5, 5.41) is -0.760. The number of halogens is 3. The second kappa shape index (κ2) is 10.5. The molecule has 0 aliphatic heterocycles. The van der Waals surface area contributed by atoms with Gasteiger partial charge in [0.2, 0.25) is 0 Å². The monoisotopic (exact) mass is 456 g/mol. The molecule has 0 heterocycles. The molecule has 1 amide bonds. The molecule has 3 nitrogen and oxygen atoms in total. The van der Waals surface area contributed by atoms with E-state index in [1.165, 1.54) is 0 Å². The van der Waals surface area contributed by atoms with Crippen molar-refractivity contribution in [3.8, 4) is 0 Å². The van der Waals surface area contributed by atoms with Gasteiger partial charge < -0.3 is 4.90 Å². The highest BCUT2D eigenvalue weighted by Crippen LogP contribution is 2.41. The van der Waals surface area contributed by atoms with E-state index >= 15 is 0 Å². The van der Waals surface area contributed by atoms with Crippen LogP contribution in [0.4, 0.5) is 18.9 Å². The molecule has 3 rings (SSSR count). The summed E-state index contributed by atoms with van der Waals surface area (Å²) < 4.78 is 40.4. The molecular weight excluding hydrogens is 433 g/mol. The first kappa shape index (κ1) is 23.6. The molecule has 0 saturated heterocycles. The van der Waals surface area contributed by atoms with Gasteiger partial charge in [-0.05, 0) is 36.8 Å². The van der Waals surface area contributed by atoms with E-state index < -0.39 is 23.8 Å². The topological polar surface area (TPSA) is 32.7 Å². The first-order valence-corrected chi connectivity index (χ1v) is 10.9. The maximum absolute atomic E-state index is 13.5. The minimum absolute atomic E-state index is 0.195. The Morgan fingerprint density at radius 2 is 1.59 bits per heavy atom. The molecule has 166 valence electrons. The lowest BCUT2D eigenvalue weighted by molar-refractivity contribution is -0.134. The molecule has 0 aliphatic rings. The van der Waals surface area contributed by atoms with Gasteiger partial charge in [0.05, 0.1) is 6.42 Å². The van der Waals surface area contributed by atoms with Crippen molar-refractivity contribution in [2.24, 2.45) is 4.99 Å². The number of aryl methyl sites for hydroxylation is 1. The SMILES string of the molecule is Cc1cccc(C(CC(F)(F)F)SC(=NC(=O)c2ccccc2)N(C)c2ccccc2)c1. The summed E-state index contributed by atoms with van der Waals surface area (Å²) in [6.45, 7) is 1.84. The summed E-state index contributed by atoms with van der Waals surface area (Å²) in [6, 6.07) is 24.6. The number of aliphatic imine (C=N–C) groups is 1. The number of para-hydroxylation sites is 1. The van der Waals surface area contributed by atoms with Crippen LogP contribution in [0.3, 0.4) is 0 Å². The summed E-state index contributed by atoms with van der Waals surface area (Å²) >= 11 is 0.940. The number of carbonyl (C=O) groups excluding carboxylic acids is 1. The van der Waals surface area contributed by atoms with Crippen LogP contribution < -0.4 is 4.90 Å². The van der Waals surface area contributed by atoms with Gasteiger partial charge in [0.15, 0.2) is 5.17 Å². The third-order valence-electron chi connectivity index (χ3n) is 4.73. The Bertz CT molecular complexity index is 1070. The predicted molar refractivity (Wildman–Crippen MR) is 125 cm³/mol. The minimum atomic E-state index is -4.37. The highest BCUT2D eigenvalue weighted by atomic mass is 32.2. The van der Waals surface area contributed by atoms with Gasteiger partial charge in [-0.2, -0.15) is 18.2 Å². The lowest BCUT2D eigenvalue weighted by atomic mass is 10.1. The third kappa shape index (κ3) is 6.72. The first-order valence-electron chi connectivity index (χ1n) is 10.00. The van der Waals surface area contributed by atoms with Crippen molar-refractivity contribution in [3.05, 3.63) is 102 Å². The highest BCUT2D eigenvalue weighted by Gasteiger charge is 2.34. The lowest BCUT2D eigenvalue weighted by Gasteiger charge is -2.25. The van der Waals surface area contributed by atoms with Crippen LogP contribution in [-0.2, 0) is 0 Å². The summed E-state index contributed by atoms with van der Waals surface area (Å²) in [7, 11) is 1.69. The molecule has 3 aromatic carbocycles. The van der Waals surface area contributed by atoms with E-state index in [1.807, 2.05) is 43.3 Å². The van der Waals surface area contributed by atoms with E-state index in [0.717, 1.165) is 23.0 Å². The number of benzene rings is 3. The number of rotatable bonds is 5. The number of alkyl halides is 3. The fourth-order valence-electron chi connectivity index (χ4n) is 3.11. The molecule has 32 heavy (non-hydrogen) atoms. The Kier molecular flexibility index (Phi) is 7.75. The number of anilines is 1. The van der Waals surface area contributed by atoms with E-state index in [9.17, 15) is 18.0 Å². The summed E-state index contributed by atoms with van der Waals surface area (Å²) in [4.78, 5) is 18.7. The number of nitrogens with zero attached hydrogens (tertiary/aromatic N) is 2. The number of amides is 1. The van der Waals surface area contributed by atoms with Crippen LogP contribution in [-0.4, -0.2) is 24.3 Å². The zero-order valence-corrected chi connectivity index (χ0v) is 18.5. The summed E-state index contributed by atoms with van der Waals surface area (Å²) in [5.74, 6) is -0.508. The van der Waals surface area contributed by atoms with Crippen LogP contribution >= 0.6 is 11.8 Å². The smallest absolute Gasteiger partial charge is 0.324 e. The molecule has 0 aliphatic carbocycles. The molecule has 0 spiro atoms. The minimum Gasteiger partial charge on any atom is -0.324 e. The number of thioether (sulfide) groups is 1. The van der Waals surface area contributed by atoms with Gasteiger partial charge in [0.25, 0.3) is 5.91 Å². The Labute approximate surface area is 190 Å². The van der Waals surface area contributed by atoms with Crippen molar-refractivity contribution in [1.29, 1.82) is 0 Å². The van der Waals surface area contributed by atoms with E-state index in [1.54, 1.807) is 60.5 Å². The van der Waals surface area contributed by atoms with Crippen LogP contribution in [0.1, 0.15) is 33.2 Å². The Balaban J connectivity index is 2.01. The van der Waals surface area contributed by atoms with Gasteiger partial charge in [-0.1, -0.05) is 78.0 Å². The molecule has 7 heteroatoms. The fourth-order valence-corrected chi connectivity index (χ4v) is 4.32. The molecule has 0 fully saturated rings. The standard InChI is InChI=1S/C25H23F3N2OS/c1-18-10-9-13-20(16-18)22(17-25(26,27)28)32-24(30(2)21-14-7-4-8-15-21)29-23(31)19-11-5-3-6-12-19/h3-16,22H,17H2,1-2H3. The Morgan fingerprint density at radius 1 is 0.969 bits per heavy atom. The van der Waals surface area contributed by atoms with Crippen molar-refractivity contribution in [1.82, 2.24) is 0 Å². The average Bonchev–Trinajstić information content (AvgIpc) is 2.78. The van der Waals surface area contributed by atoms with Crippen molar-refractivity contribution in [2.45, 2.75) is 24.8 Å². The second-order valence-corrected chi connectivity index (χ2v) is 8.47. The van der Waals surface area contributed by atoms with E-state index in [0.29, 0.717) is 11.1 Å². The van der Waals surface area contributed by atoms with E-state index in [4.69, 9.17) is 0 Å². The molecule has 0 saturated carbocycles. The highest BCUT2D eigenvalue weighted by molar-refractivity contribution is 8.14. The van der Waals surface area contributed by atoms with Crippen molar-refractivity contribution < 1.29 is 18.0 Å². The maximum atomic E-state index is 13.5. The predicted octanol–water partition coefficient (Wildman–Crippen LogP) is 7.05. The molecule has 1 unspecified atom stereocenters. The number of carbonyl (C=O) groups is 1. The molecule has 3 aromatic rings. The Hall–Kier alpha value is -3.06. The summed E-state index contributed by atoms with van der Waals surface area (Å²) in [6.07, 6.45) is -5.41. The zero-order chi connectivity index (χ0) is 23.1. The molecule has 0 bridgehead atoms.